The molecule has 0 aliphatic carbocycles. The molecule has 0 unspecified atom stereocenters. The molecule has 3 atom stereocenters. The Bertz CT molecular complexity index is 826. The van der Waals surface area contributed by atoms with E-state index >= 15 is 0 Å². The highest BCUT2D eigenvalue weighted by Gasteiger charge is 2.41. The Morgan fingerprint density at radius 1 is 1.00 bits per heavy atom. The molecular weight excluding hydrogens is 470 g/mol. The Hall–Kier alpha value is -1.43. The summed E-state index contributed by atoms with van der Waals surface area (Å²) in [4.78, 5) is 14.8. The van der Waals surface area contributed by atoms with Crippen molar-refractivity contribution in [3.05, 3.63) is 80.3 Å². The van der Waals surface area contributed by atoms with Crippen LogP contribution in [0.5, 0.6) is 0 Å². The summed E-state index contributed by atoms with van der Waals surface area (Å²) in [6.07, 6.45) is 1.96. The number of ether oxygens (including phenoxy) is 1. The van der Waals surface area contributed by atoms with Crippen LogP contribution in [-0.4, -0.2) is 24.0 Å². The molecule has 0 radical (unpaired) electrons. The predicted octanol–water partition coefficient (Wildman–Crippen LogP) is 6.21. The van der Waals surface area contributed by atoms with Gasteiger partial charge in [0, 0.05) is 22.4 Å². The third kappa shape index (κ3) is 4.71. The first-order valence-corrected chi connectivity index (χ1v) is 10.5. The summed E-state index contributed by atoms with van der Waals surface area (Å²) in [5, 5.41) is 0. The largest absolute Gasteiger partial charge is 0.358 e. The zero-order valence-electron chi connectivity index (χ0n) is 15.7. The van der Waals surface area contributed by atoms with Gasteiger partial charge in [0.25, 0.3) is 5.91 Å². The topological polar surface area (TPSA) is 29.5 Å². The number of likely N-dealkylation sites (N-methyl/N-ethyl adjacent to an activating group) is 1. The van der Waals surface area contributed by atoms with Gasteiger partial charge >= 0.3 is 0 Å². The van der Waals surface area contributed by atoms with E-state index in [2.05, 4.69) is 50.1 Å². The maximum atomic E-state index is 13.0. The minimum Gasteiger partial charge on any atom is -0.358 e. The SMILES string of the molecule is CC(C)=CC[C@H]1O[C@H](c2ccc(Br)cc2)[C@H](c2ccc(Br)cc2)N(C)C1=O. The second-order valence-corrected chi connectivity index (χ2v) is 8.89. The maximum Gasteiger partial charge on any atom is 0.252 e. The van der Waals surface area contributed by atoms with E-state index in [0.29, 0.717) is 6.42 Å². The Kier molecular flexibility index (Phi) is 6.56. The van der Waals surface area contributed by atoms with Crippen molar-refractivity contribution in [2.24, 2.45) is 0 Å². The van der Waals surface area contributed by atoms with Gasteiger partial charge in [-0.3, -0.25) is 4.79 Å². The van der Waals surface area contributed by atoms with Crippen LogP contribution in [0.4, 0.5) is 0 Å². The molecule has 0 aromatic heterocycles. The van der Waals surface area contributed by atoms with Gasteiger partial charge in [-0.15, -0.1) is 0 Å². The van der Waals surface area contributed by atoms with E-state index in [1.807, 2.05) is 62.2 Å². The number of nitrogens with zero attached hydrogens (tertiary/aromatic N) is 1. The minimum atomic E-state index is -0.467. The van der Waals surface area contributed by atoms with Gasteiger partial charge in [-0.1, -0.05) is 67.8 Å². The number of hydrogen-bond acceptors (Lipinski definition) is 2. The van der Waals surface area contributed by atoms with Gasteiger partial charge in [0.15, 0.2) is 0 Å². The van der Waals surface area contributed by atoms with Crippen molar-refractivity contribution in [3.8, 4) is 0 Å². The quantitative estimate of drug-likeness (QED) is 0.475. The lowest BCUT2D eigenvalue weighted by atomic mass is 9.91. The molecular formula is C22H23Br2NO2. The molecule has 0 bridgehead atoms. The fourth-order valence-electron chi connectivity index (χ4n) is 3.35. The van der Waals surface area contributed by atoms with Crippen LogP contribution < -0.4 is 0 Å². The first-order chi connectivity index (χ1) is 12.9. The highest BCUT2D eigenvalue weighted by molar-refractivity contribution is 9.10. The molecule has 1 aliphatic heterocycles. The van der Waals surface area contributed by atoms with Gasteiger partial charge in [0.1, 0.15) is 12.2 Å². The second-order valence-electron chi connectivity index (χ2n) is 7.06. The number of carbonyl (C=O) groups is 1. The number of hydrogen-bond donors (Lipinski definition) is 0. The fourth-order valence-corrected chi connectivity index (χ4v) is 3.88. The third-order valence-electron chi connectivity index (χ3n) is 4.79. The summed E-state index contributed by atoms with van der Waals surface area (Å²) in [5.74, 6) is 0.0220. The van der Waals surface area contributed by atoms with E-state index < -0.39 is 6.10 Å². The lowest BCUT2D eigenvalue weighted by molar-refractivity contribution is -0.170. The van der Waals surface area contributed by atoms with Crippen LogP contribution in [0, 0.1) is 0 Å². The molecule has 1 fully saturated rings. The van der Waals surface area contributed by atoms with Crippen molar-refractivity contribution < 1.29 is 9.53 Å². The van der Waals surface area contributed by atoms with Crippen molar-refractivity contribution in [2.45, 2.75) is 38.5 Å². The molecule has 27 heavy (non-hydrogen) atoms. The van der Waals surface area contributed by atoms with Crippen molar-refractivity contribution in [1.29, 1.82) is 0 Å². The van der Waals surface area contributed by atoms with Gasteiger partial charge in [0.2, 0.25) is 0 Å². The smallest absolute Gasteiger partial charge is 0.252 e. The summed E-state index contributed by atoms with van der Waals surface area (Å²) in [6, 6.07) is 16.1. The monoisotopic (exact) mass is 491 g/mol. The number of rotatable bonds is 4. The van der Waals surface area contributed by atoms with Gasteiger partial charge in [-0.2, -0.15) is 0 Å². The Morgan fingerprint density at radius 3 is 2.04 bits per heavy atom. The Labute approximate surface area is 177 Å². The van der Waals surface area contributed by atoms with Crippen LogP contribution in [0.1, 0.15) is 43.5 Å². The first-order valence-electron chi connectivity index (χ1n) is 8.93. The number of benzene rings is 2. The molecule has 1 heterocycles. The molecule has 142 valence electrons. The van der Waals surface area contributed by atoms with E-state index in [1.54, 1.807) is 0 Å². The van der Waals surface area contributed by atoms with Gasteiger partial charge in [-0.25, -0.2) is 0 Å². The van der Waals surface area contributed by atoms with Crippen LogP contribution in [0.15, 0.2) is 69.1 Å². The van der Waals surface area contributed by atoms with E-state index in [0.717, 1.165) is 20.1 Å². The molecule has 0 saturated carbocycles. The third-order valence-corrected chi connectivity index (χ3v) is 5.85. The molecule has 1 aliphatic rings. The van der Waals surface area contributed by atoms with E-state index in [9.17, 15) is 4.79 Å². The molecule has 1 amide bonds. The lowest BCUT2D eigenvalue weighted by Crippen LogP contribution is -2.48. The van der Waals surface area contributed by atoms with E-state index in [-0.39, 0.29) is 18.1 Å². The van der Waals surface area contributed by atoms with Gasteiger partial charge < -0.3 is 9.64 Å². The van der Waals surface area contributed by atoms with Crippen molar-refractivity contribution in [2.75, 3.05) is 7.05 Å². The molecule has 1 saturated heterocycles. The summed E-state index contributed by atoms with van der Waals surface area (Å²) < 4.78 is 8.41. The number of amides is 1. The molecule has 0 N–H and O–H groups in total. The molecule has 3 nitrogen and oxygen atoms in total. The van der Waals surface area contributed by atoms with Crippen LogP contribution in [-0.2, 0) is 9.53 Å². The lowest BCUT2D eigenvalue weighted by Gasteiger charge is -2.43. The minimum absolute atomic E-state index is 0.0220. The summed E-state index contributed by atoms with van der Waals surface area (Å²) in [6.45, 7) is 4.07. The number of carbonyl (C=O) groups excluding carboxylic acids is 1. The molecule has 3 rings (SSSR count). The molecule has 2 aromatic carbocycles. The maximum absolute atomic E-state index is 13.0. The highest BCUT2D eigenvalue weighted by Crippen LogP contribution is 2.42. The Balaban J connectivity index is 2.00. The van der Waals surface area contributed by atoms with Crippen LogP contribution in [0.3, 0.4) is 0 Å². The summed E-state index contributed by atoms with van der Waals surface area (Å²) >= 11 is 6.98. The second kappa shape index (κ2) is 8.72. The Morgan fingerprint density at radius 2 is 1.52 bits per heavy atom. The number of halogens is 2. The summed E-state index contributed by atoms with van der Waals surface area (Å²) in [7, 11) is 1.87. The van der Waals surface area contributed by atoms with E-state index in [1.165, 1.54) is 5.57 Å². The van der Waals surface area contributed by atoms with Crippen molar-refractivity contribution >= 4 is 37.8 Å². The van der Waals surface area contributed by atoms with Crippen molar-refractivity contribution in [1.82, 2.24) is 4.90 Å². The average Bonchev–Trinajstić information content (AvgIpc) is 2.64. The number of morpholine rings is 1. The average molecular weight is 493 g/mol. The van der Waals surface area contributed by atoms with Crippen LogP contribution in [0.2, 0.25) is 0 Å². The predicted molar refractivity (Wildman–Crippen MR) is 115 cm³/mol. The zero-order valence-corrected chi connectivity index (χ0v) is 18.8. The molecule has 5 heteroatoms. The first kappa shape index (κ1) is 20.3. The normalized spacial score (nSPS) is 22.6. The molecule has 2 aromatic rings. The van der Waals surface area contributed by atoms with Crippen molar-refractivity contribution in [3.63, 3.8) is 0 Å². The fraction of sp³-hybridized carbons (Fsp3) is 0.318. The van der Waals surface area contributed by atoms with Crippen LogP contribution >= 0.6 is 31.9 Å². The van der Waals surface area contributed by atoms with Gasteiger partial charge in [0.05, 0.1) is 6.04 Å². The van der Waals surface area contributed by atoms with Gasteiger partial charge in [-0.05, 0) is 49.2 Å². The summed E-state index contributed by atoms with van der Waals surface area (Å²) in [5.41, 5.74) is 3.31. The standard InChI is InChI=1S/C22H23Br2NO2/c1-14(2)4-13-19-22(26)25(3)20(15-5-9-17(23)10-6-15)21(27-19)16-7-11-18(24)12-8-16/h4-12,19-21H,13H2,1-3H3/t19-,20+,21-/m1/s1. The van der Waals surface area contributed by atoms with Crippen LogP contribution in [0.25, 0.3) is 0 Å². The zero-order chi connectivity index (χ0) is 19.6. The van der Waals surface area contributed by atoms with E-state index in [4.69, 9.17) is 4.74 Å². The molecule has 0 spiro atoms. The number of allylic oxidation sites excluding steroid dienone is 1. The highest BCUT2D eigenvalue weighted by atomic mass is 79.9.